The van der Waals surface area contributed by atoms with Crippen molar-refractivity contribution in [2.75, 3.05) is 13.2 Å². The van der Waals surface area contributed by atoms with Crippen LogP contribution in [0, 0.1) is 11.8 Å². The van der Waals surface area contributed by atoms with Crippen LogP contribution in [-0.4, -0.2) is 36.4 Å². The lowest BCUT2D eigenvalue weighted by Crippen LogP contribution is -2.34. The van der Waals surface area contributed by atoms with E-state index in [0.29, 0.717) is 5.92 Å². The van der Waals surface area contributed by atoms with Crippen molar-refractivity contribution < 1.29 is 24.2 Å². The standard InChI is InChI=1S/C14H22O5/c15-8-13(16)18-9-14(17)19-12-6-5-10-3-1-2-4-11(10)7-12/h10-12,15H,1-9H2. The van der Waals surface area contributed by atoms with Crippen LogP contribution in [0.3, 0.4) is 0 Å². The van der Waals surface area contributed by atoms with E-state index in [1.807, 2.05) is 0 Å². The van der Waals surface area contributed by atoms with Gasteiger partial charge in [0.15, 0.2) is 6.61 Å². The SMILES string of the molecule is O=C(CO)OCC(=O)OC1CCC2CCCCC2C1. The average molecular weight is 270 g/mol. The van der Waals surface area contributed by atoms with Crippen LogP contribution >= 0.6 is 0 Å². The number of rotatable bonds is 4. The molecule has 0 aliphatic heterocycles. The predicted molar refractivity (Wildman–Crippen MR) is 67.2 cm³/mol. The van der Waals surface area contributed by atoms with Crippen molar-refractivity contribution in [2.24, 2.45) is 11.8 Å². The van der Waals surface area contributed by atoms with Crippen LogP contribution < -0.4 is 0 Å². The Balaban J connectivity index is 1.71. The Kier molecular flexibility index (Phi) is 5.19. The monoisotopic (exact) mass is 270 g/mol. The normalized spacial score (nSPS) is 30.3. The van der Waals surface area contributed by atoms with Crippen molar-refractivity contribution in [1.29, 1.82) is 0 Å². The van der Waals surface area contributed by atoms with Crippen molar-refractivity contribution in [1.82, 2.24) is 0 Å². The third-order valence-electron chi connectivity index (χ3n) is 4.27. The molecule has 0 aromatic heterocycles. The Hall–Kier alpha value is -1.10. The number of carbonyl (C=O) groups excluding carboxylic acids is 2. The van der Waals surface area contributed by atoms with E-state index in [1.54, 1.807) is 0 Å². The topological polar surface area (TPSA) is 72.8 Å². The van der Waals surface area contributed by atoms with Crippen LogP contribution in [0.4, 0.5) is 0 Å². The minimum absolute atomic E-state index is 0.0281. The first-order chi connectivity index (χ1) is 9.19. The lowest BCUT2D eigenvalue weighted by Gasteiger charge is -2.38. The van der Waals surface area contributed by atoms with E-state index in [0.717, 1.165) is 25.2 Å². The third-order valence-corrected chi connectivity index (χ3v) is 4.27. The van der Waals surface area contributed by atoms with E-state index in [9.17, 15) is 9.59 Å². The van der Waals surface area contributed by atoms with Gasteiger partial charge < -0.3 is 14.6 Å². The van der Waals surface area contributed by atoms with Gasteiger partial charge in [-0.05, 0) is 31.1 Å². The second kappa shape index (κ2) is 6.89. The molecule has 2 fully saturated rings. The molecule has 1 N–H and O–H groups in total. The number of aliphatic hydroxyl groups excluding tert-OH is 1. The van der Waals surface area contributed by atoms with Gasteiger partial charge in [0, 0.05) is 0 Å². The molecule has 0 bridgehead atoms. The quantitative estimate of drug-likeness (QED) is 0.782. The molecule has 2 saturated carbocycles. The Morgan fingerprint density at radius 2 is 1.74 bits per heavy atom. The van der Waals surface area contributed by atoms with E-state index in [-0.39, 0.29) is 6.10 Å². The molecule has 0 radical (unpaired) electrons. The lowest BCUT2D eigenvalue weighted by molar-refractivity contribution is -0.165. The number of carbonyl (C=O) groups is 2. The van der Waals surface area contributed by atoms with Crippen molar-refractivity contribution in [3.8, 4) is 0 Å². The molecule has 19 heavy (non-hydrogen) atoms. The fourth-order valence-electron chi connectivity index (χ4n) is 3.34. The van der Waals surface area contributed by atoms with Crippen LogP contribution in [0.15, 0.2) is 0 Å². The molecule has 0 aromatic rings. The molecule has 2 rings (SSSR count). The molecule has 0 spiro atoms. The third kappa shape index (κ3) is 4.20. The maximum Gasteiger partial charge on any atom is 0.344 e. The summed E-state index contributed by atoms with van der Waals surface area (Å²) in [4.78, 5) is 22.2. The zero-order valence-corrected chi connectivity index (χ0v) is 11.2. The van der Waals surface area contributed by atoms with Gasteiger partial charge in [-0.15, -0.1) is 0 Å². The first-order valence-electron chi connectivity index (χ1n) is 7.15. The van der Waals surface area contributed by atoms with Crippen LogP contribution in [0.2, 0.25) is 0 Å². The number of fused-ring (bicyclic) bond motifs is 1. The zero-order valence-electron chi connectivity index (χ0n) is 11.2. The molecular formula is C14H22O5. The number of hydrogen-bond acceptors (Lipinski definition) is 5. The van der Waals surface area contributed by atoms with Crippen LogP contribution in [0.5, 0.6) is 0 Å². The molecule has 2 aliphatic rings. The van der Waals surface area contributed by atoms with Gasteiger partial charge in [-0.1, -0.05) is 25.7 Å². The molecular weight excluding hydrogens is 248 g/mol. The summed E-state index contributed by atoms with van der Waals surface area (Å²) in [6.07, 6.45) is 8.17. The summed E-state index contributed by atoms with van der Waals surface area (Å²) in [7, 11) is 0. The molecule has 2 aliphatic carbocycles. The van der Waals surface area contributed by atoms with E-state index >= 15 is 0 Å². The van der Waals surface area contributed by atoms with Crippen LogP contribution in [0.1, 0.15) is 44.9 Å². The van der Waals surface area contributed by atoms with Gasteiger partial charge in [0.1, 0.15) is 12.7 Å². The molecule has 0 saturated heterocycles. The maximum absolute atomic E-state index is 11.5. The smallest absolute Gasteiger partial charge is 0.344 e. The average Bonchev–Trinajstić information content (AvgIpc) is 2.44. The van der Waals surface area contributed by atoms with E-state index in [4.69, 9.17) is 9.84 Å². The van der Waals surface area contributed by atoms with Gasteiger partial charge >= 0.3 is 11.9 Å². The van der Waals surface area contributed by atoms with E-state index in [2.05, 4.69) is 4.74 Å². The highest BCUT2D eigenvalue weighted by atomic mass is 16.6. The zero-order chi connectivity index (χ0) is 13.7. The Morgan fingerprint density at radius 1 is 1.00 bits per heavy atom. The van der Waals surface area contributed by atoms with Crippen LogP contribution in [-0.2, 0) is 19.1 Å². The van der Waals surface area contributed by atoms with E-state index < -0.39 is 25.2 Å². The largest absolute Gasteiger partial charge is 0.460 e. The highest BCUT2D eigenvalue weighted by Crippen LogP contribution is 2.41. The minimum atomic E-state index is -0.798. The minimum Gasteiger partial charge on any atom is -0.460 e. The summed E-state index contributed by atoms with van der Waals surface area (Å²) in [6, 6.07) is 0. The summed E-state index contributed by atoms with van der Waals surface area (Å²) in [5.74, 6) is 0.199. The second-order valence-electron chi connectivity index (χ2n) is 5.55. The van der Waals surface area contributed by atoms with Crippen molar-refractivity contribution in [2.45, 2.75) is 51.0 Å². The number of esters is 2. The first-order valence-corrected chi connectivity index (χ1v) is 7.15. The van der Waals surface area contributed by atoms with Crippen LogP contribution in [0.25, 0.3) is 0 Å². The van der Waals surface area contributed by atoms with Gasteiger partial charge in [-0.3, -0.25) is 0 Å². The van der Waals surface area contributed by atoms with E-state index in [1.165, 1.54) is 25.7 Å². The summed E-state index contributed by atoms with van der Waals surface area (Å²) < 4.78 is 9.88. The molecule has 0 aromatic carbocycles. The lowest BCUT2D eigenvalue weighted by atomic mass is 9.70. The molecule has 0 amide bonds. The molecule has 3 atom stereocenters. The molecule has 0 heterocycles. The van der Waals surface area contributed by atoms with Gasteiger partial charge in [0.25, 0.3) is 0 Å². The van der Waals surface area contributed by atoms with Gasteiger partial charge in [0.2, 0.25) is 0 Å². The van der Waals surface area contributed by atoms with Crippen molar-refractivity contribution in [3.05, 3.63) is 0 Å². The summed E-state index contributed by atoms with van der Waals surface area (Å²) in [5, 5.41) is 8.47. The molecule has 108 valence electrons. The Bertz CT molecular complexity index is 328. The fourth-order valence-corrected chi connectivity index (χ4v) is 3.34. The summed E-state index contributed by atoms with van der Waals surface area (Å²) in [6.45, 7) is -1.11. The molecule has 3 unspecified atom stereocenters. The Morgan fingerprint density at radius 3 is 2.47 bits per heavy atom. The molecule has 5 nitrogen and oxygen atoms in total. The molecule has 5 heteroatoms. The van der Waals surface area contributed by atoms with Crippen molar-refractivity contribution in [3.63, 3.8) is 0 Å². The van der Waals surface area contributed by atoms with Gasteiger partial charge in [0.05, 0.1) is 0 Å². The fraction of sp³-hybridized carbons (Fsp3) is 0.857. The highest BCUT2D eigenvalue weighted by molar-refractivity contribution is 5.76. The van der Waals surface area contributed by atoms with Gasteiger partial charge in [-0.25, -0.2) is 9.59 Å². The van der Waals surface area contributed by atoms with Crippen molar-refractivity contribution >= 4 is 11.9 Å². The second-order valence-corrected chi connectivity index (χ2v) is 5.55. The highest BCUT2D eigenvalue weighted by Gasteiger charge is 2.33. The first kappa shape index (κ1) is 14.3. The Labute approximate surface area is 113 Å². The summed E-state index contributed by atoms with van der Waals surface area (Å²) >= 11 is 0. The van der Waals surface area contributed by atoms with Gasteiger partial charge in [-0.2, -0.15) is 0 Å². The number of ether oxygens (including phenoxy) is 2. The number of aliphatic hydroxyl groups is 1. The maximum atomic E-state index is 11.5. The predicted octanol–water partition coefficient (Wildman–Crippen LogP) is 1.42. The number of hydrogen-bond donors (Lipinski definition) is 1. The summed E-state index contributed by atoms with van der Waals surface area (Å²) in [5.41, 5.74) is 0.